The molecule has 0 atom stereocenters. The maximum Gasteiger partial charge on any atom is 0.269 e. The van der Waals surface area contributed by atoms with Crippen LogP contribution < -0.4 is 0 Å². The summed E-state index contributed by atoms with van der Waals surface area (Å²) < 4.78 is 0. The molecule has 0 N–H and O–H groups in total. The first-order valence-corrected chi connectivity index (χ1v) is 7.97. The van der Waals surface area contributed by atoms with Gasteiger partial charge in [-0.15, -0.1) is 0 Å². The van der Waals surface area contributed by atoms with E-state index in [2.05, 4.69) is 0 Å². The van der Waals surface area contributed by atoms with Gasteiger partial charge in [0.25, 0.3) is 5.69 Å². The van der Waals surface area contributed by atoms with E-state index in [1.54, 1.807) is 12.1 Å². The molecule has 3 nitrogen and oxygen atoms in total. The van der Waals surface area contributed by atoms with Gasteiger partial charge in [0.15, 0.2) is 0 Å². The van der Waals surface area contributed by atoms with Crippen molar-refractivity contribution in [3.63, 3.8) is 0 Å². The Kier molecular flexibility index (Phi) is 4.09. The largest absolute Gasteiger partial charge is 0.269 e. The van der Waals surface area contributed by atoms with Crippen molar-refractivity contribution >= 4 is 12.4 Å². The van der Waals surface area contributed by atoms with E-state index < -0.39 is 0 Å². The minimum atomic E-state index is -0.293. The molecular weight excluding hydrogens is 249 g/mol. The van der Waals surface area contributed by atoms with E-state index in [1.165, 1.54) is 44.8 Å². The molecule has 2 saturated heterocycles. The average molecular weight is 271 g/mol. The highest BCUT2D eigenvalue weighted by Crippen LogP contribution is 2.47. The van der Waals surface area contributed by atoms with E-state index >= 15 is 0 Å². The van der Waals surface area contributed by atoms with E-state index in [4.69, 9.17) is 0 Å². The fraction of sp³-hybridized carbons (Fsp3) is 0.625. The lowest BCUT2D eigenvalue weighted by Gasteiger charge is -2.40. The average Bonchev–Trinajstić information content (AvgIpc) is 2.45. The fourth-order valence-electron chi connectivity index (χ4n) is 4.44. The van der Waals surface area contributed by atoms with Gasteiger partial charge in [-0.3, -0.25) is 10.1 Å². The number of nitro groups is 1. The predicted octanol–water partition coefficient (Wildman–Crippen LogP) is 4.74. The first-order valence-electron chi connectivity index (χ1n) is 7.97. The van der Waals surface area contributed by atoms with Crippen molar-refractivity contribution < 1.29 is 4.92 Å². The van der Waals surface area contributed by atoms with Crippen molar-refractivity contribution in [1.82, 2.24) is 0 Å². The first-order chi connectivity index (χ1) is 9.74. The Morgan fingerprint density at radius 1 is 1.15 bits per heavy atom. The number of rotatable bonds is 4. The molecule has 0 saturated carbocycles. The van der Waals surface area contributed by atoms with E-state index in [-0.39, 0.29) is 10.6 Å². The number of non-ortho nitro benzene ring substituents is 1. The molecule has 0 aromatic heterocycles. The highest BCUT2D eigenvalue weighted by molar-refractivity contribution is 6.62. The normalized spacial score (nSPS) is 25.5. The highest BCUT2D eigenvalue weighted by Gasteiger charge is 2.38. The molecule has 106 valence electrons. The standard InChI is InChI=1S/C16H22BNO2/c19-18(20)16-9-1-4-13(12-16)10-11-17-14-5-2-6-15(17)8-3-7-14/h1,4,9,12,14-15H,2-3,5-8,10-11H2. The molecule has 2 fully saturated rings. The number of hydrogen-bond acceptors (Lipinski definition) is 2. The second kappa shape index (κ2) is 5.98. The van der Waals surface area contributed by atoms with Crippen LogP contribution in [0.3, 0.4) is 0 Å². The molecule has 0 amide bonds. The molecule has 0 radical (unpaired) electrons. The van der Waals surface area contributed by atoms with Crippen LogP contribution >= 0.6 is 0 Å². The summed E-state index contributed by atoms with van der Waals surface area (Å²) >= 11 is 0. The molecule has 2 bridgehead atoms. The smallest absolute Gasteiger partial charge is 0.258 e. The lowest BCUT2D eigenvalue weighted by atomic mass is 9.25. The zero-order chi connectivity index (χ0) is 13.9. The summed E-state index contributed by atoms with van der Waals surface area (Å²) in [7, 11) is 0. The summed E-state index contributed by atoms with van der Waals surface area (Å²) in [5.74, 6) is 1.86. The number of benzene rings is 1. The van der Waals surface area contributed by atoms with Crippen molar-refractivity contribution in [2.24, 2.45) is 0 Å². The van der Waals surface area contributed by atoms with E-state index in [0.717, 1.165) is 30.3 Å². The van der Waals surface area contributed by atoms with Gasteiger partial charge >= 0.3 is 0 Å². The third kappa shape index (κ3) is 2.89. The van der Waals surface area contributed by atoms with Crippen molar-refractivity contribution in [1.29, 1.82) is 0 Å². The summed E-state index contributed by atoms with van der Waals surface area (Å²) in [4.78, 5) is 10.5. The molecule has 2 aliphatic rings. The van der Waals surface area contributed by atoms with Gasteiger partial charge in [-0.25, -0.2) is 0 Å². The van der Waals surface area contributed by atoms with Crippen LogP contribution in [-0.2, 0) is 6.42 Å². The second-order valence-electron chi connectivity index (χ2n) is 6.51. The number of hydrogen-bond donors (Lipinski definition) is 0. The molecule has 1 aromatic carbocycles. The van der Waals surface area contributed by atoms with E-state index in [1.807, 2.05) is 12.1 Å². The molecular formula is C16H22BNO2. The Balaban J connectivity index is 1.64. The predicted molar refractivity (Wildman–Crippen MR) is 82.6 cm³/mol. The van der Waals surface area contributed by atoms with Crippen molar-refractivity contribution in [3.8, 4) is 0 Å². The number of fused-ring (bicyclic) bond motifs is 2. The van der Waals surface area contributed by atoms with Crippen molar-refractivity contribution in [3.05, 3.63) is 39.9 Å². The Bertz CT molecular complexity index is 469. The molecule has 20 heavy (non-hydrogen) atoms. The summed E-state index contributed by atoms with van der Waals surface area (Å²) in [5, 5.41) is 10.8. The number of nitro benzene ring substituents is 1. The van der Waals surface area contributed by atoms with Gasteiger partial charge in [-0.05, 0) is 12.0 Å². The molecule has 3 rings (SSSR count). The quantitative estimate of drug-likeness (QED) is 0.451. The monoisotopic (exact) mass is 271 g/mol. The lowest BCUT2D eigenvalue weighted by Crippen LogP contribution is -2.34. The topological polar surface area (TPSA) is 43.1 Å². The van der Waals surface area contributed by atoms with Crippen LogP contribution in [0.15, 0.2) is 24.3 Å². The lowest BCUT2D eigenvalue weighted by molar-refractivity contribution is -0.384. The SMILES string of the molecule is O=[N+]([O-])c1cccc(CCB2C3CCCC2CCC3)c1. The van der Waals surface area contributed by atoms with Crippen LogP contribution in [0.25, 0.3) is 0 Å². The molecule has 2 aliphatic heterocycles. The van der Waals surface area contributed by atoms with Gasteiger partial charge in [-0.2, -0.15) is 0 Å². The zero-order valence-electron chi connectivity index (χ0n) is 12.0. The van der Waals surface area contributed by atoms with Crippen molar-refractivity contribution in [2.45, 2.75) is 62.9 Å². The number of nitrogens with zero attached hydrogens (tertiary/aromatic N) is 1. The van der Waals surface area contributed by atoms with Gasteiger partial charge in [0.1, 0.15) is 6.71 Å². The van der Waals surface area contributed by atoms with Crippen LogP contribution in [-0.4, -0.2) is 11.6 Å². The Morgan fingerprint density at radius 2 is 1.80 bits per heavy atom. The van der Waals surface area contributed by atoms with E-state index in [9.17, 15) is 10.1 Å². The minimum Gasteiger partial charge on any atom is -0.258 e. The van der Waals surface area contributed by atoms with Gasteiger partial charge in [0.05, 0.1) is 4.92 Å². The summed E-state index contributed by atoms with van der Waals surface area (Å²) in [6.45, 7) is 0.872. The van der Waals surface area contributed by atoms with Gasteiger partial charge in [0, 0.05) is 12.1 Å². The Labute approximate surface area is 121 Å². The first kappa shape index (κ1) is 13.7. The molecule has 0 aliphatic carbocycles. The Hall–Kier alpha value is -1.32. The third-order valence-corrected chi connectivity index (χ3v) is 5.40. The molecule has 4 heteroatoms. The minimum absolute atomic E-state index is 0.228. The van der Waals surface area contributed by atoms with Crippen LogP contribution in [0.1, 0.15) is 44.1 Å². The van der Waals surface area contributed by atoms with Crippen LogP contribution in [0, 0.1) is 10.1 Å². The van der Waals surface area contributed by atoms with Gasteiger partial charge < -0.3 is 0 Å². The van der Waals surface area contributed by atoms with Crippen LogP contribution in [0.2, 0.25) is 18.0 Å². The molecule has 0 unspecified atom stereocenters. The number of aryl methyl sites for hydroxylation is 1. The molecule has 0 spiro atoms. The van der Waals surface area contributed by atoms with Crippen LogP contribution in [0.4, 0.5) is 5.69 Å². The maximum atomic E-state index is 10.8. The highest BCUT2D eigenvalue weighted by atomic mass is 16.6. The molecule has 1 aromatic rings. The maximum absolute atomic E-state index is 10.8. The van der Waals surface area contributed by atoms with Crippen LogP contribution in [0.5, 0.6) is 0 Å². The summed E-state index contributed by atoms with van der Waals surface area (Å²) in [6.07, 6.45) is 10.7. The zero-order valence-corrected chi connectivity index (χ0v) is 12.0. The second-order valence-corrected chi connectivity index (χ2v) is 6.51. The molecule has 2 heterocycles. The third-order valence-electron chi connectivity index (χ3n) is 5.40. The van der Waals surface area contributed by atoms with Gasteiger partial charge in [-0.1, -0.05) is 68.6 Å². The van der Waals surface area contributed by atoms with E-state index in [0.29, 0.717) is 0 Å². The summed E-state index contributed by atoms with van der Waals surface area (Å²) in [5.41, 5.74) is 1.36. The fourth-order valence-corrected chi connectivity index (χ4v) is 4.44. The summed E-state index contributed by atoms with van der Waals surface area (Å²) in [6, 6.07) is 7.18. The van der Waals surface area contributed by atoms with Gasteiger partial charge in [0.2, 0.25) is 0 Å². The Morgan fingerprint density at radius 3 is 2.40 bits per heavy atom. The van der Waals surface area contributed by atoms with Crippen molar-refractivity contribution in [2.75, 3.05) is 0 Å².